The second-order valence-corrected chi connectivity index (χ2v) is 5.71. The standard InChI is InChI=1S/C16H23F2N3O.ClH/c17-14-5-4-12(9-15(14)18)11-21-8-2-1-3-13(21)10-20-16(22)6-7-19;/h4-5,9,13H,1-3,6-8,10-11,19H2,(H,20,22);1H. The molecule has 1 atom stereocenters. The molecular formula is C16H24ClF2N3O. The Hall–Kier alpha value is -1.24. The molecule has 1 saturated heterocycles. The summed E-state index contributed by atoms with van der Waals surface area (Å²) in [5.41, 5.74) is 6.11. The monoisotopic (exact) mass is 347 g/mol. The summed E-state index contributed by atoms with van der Waals surface area (Å²) in [6, 6.07) is 4.24. The summed E-state index contributed by atoms with van der Waals surface area (Å²) in [5.74, 6) is -1.68. The van der Waals surface area contributed by atoms with Gasteiger partial charge in [0.2, 0.25) is 5.91 Å². The lowest BCUT2D eigenvalue weighted by atomic mass is 10.0. The lowest BCUT2D eigenvalue weighted by Gasteiger charge is -2.36. The number of nitrogens with zero attached hydrogens (tertiary/aromatic N) is 1. The number of piperidine rings is 1. The van der Waals surface area contributed by atoms with Crippen LogP contribution >= 0.6 is 12.4 Å². The summed E-state index contributed by atoms with van der Waals surface area (Å²) >= 11 is 0. The van der Waals surface area contributed by atoms with Gasteiger partial charge in [-0.3, -0.25) is 9.69 Å². The second-order valence-electron chi connectivity index (χ2n) is 5.71. The molecular weight excluding hydrogens is 324 g/mol. The smallest absolute Gasteiger partial charge is 0.221 e. The highest BCUT2D eigenvalue weighted by atomic mass is 35.5. The average Bonchev–Trinajstić information content (AvgIpc) is 2.50. The van der Waals surface area contributed by atoms with Crippen LogP contribution in [0.5, 0.6) is 0 Å². The van der Waals surface area contributed by atoms with Crippen molar-refractivity contribution in [1.82, 2.24) is 10.2 Å². The van der Waals surface area contributed by atoms with Crippen LogP contribution in [0.2, 0.25) is 0 Å². The molecule has 2 rings (SSSR count). The summed E-state index contributed by atoms with van der Waals surface area (Å²) in [7, 11) is 0. The molecule has 4 nitrogen and oxygen atoms in total. The van der Waals surface area contributed by atoms with Crippen molar-refractivity contribution in [1.29, 1.82) is 0 Å². The van der Waals surface area contributed by atoms with Gasteiger partial charge >= 0.3 is 0 Å². The van der Waals surface area contributed by atoms with E-state index in [1.165, 1.54) is 6.07 Å². The molecule has 0 aromatic heterocycles. The summed E-state index contributed by atoms with van der Waals surface area (Å²) in [5, 5.41) is 2.89. The number of rotatable bonds is 6. The maximum absolute atomic E-state index is 13.3. The Morgan fingerprint density at radius 2 is 2.09 bits per heavy atom. The molecule has 0 bridgehead atoms. The number of hydrogen-bond donors (Lipinski definition) is 2. The van der Waals surface area contributed by atoms with Crippen molar-refractivity contribution in [2.45, 2.75) is 38.3 Å². The molecule has 0 spiro atoms. The number of nitrogens with one attached hydrogen (secondary N) is 1. The third kappa shape index (κ3) is 6.05. The SMILES string of the molecule is Cl.NCCC(=O)NCC1CCCCN1Cc1ccc(F)c(F)c1. The topological polar surface area (TPSA) is 58.4 Å². The number of hydrogen-bond acceptors (Lipinski definition) is 3. The van der Waals surface area contributed by atoms with Crippen molar-refractivity contribution < 1.29 is 13.6 Å². The van der Waals surface area contributed by atoms with E-state index < -0.39 is 11.6 Å². The lowest BCUT2D eigenvalue weighted by Crippen LogP contribution is -2.46. The van der Waals surface area contributed by atoms with Crippen molar-refractivity contribution >= 4 is 18.3 Å². The van der Waals surface area contributed by atoms with Gasteiger partial charge in [-0.1, -0.05) is 12.5 Å². The van der Waals surface area contributed by atoms with Crippen molar-refractivity contribution in [3.8, 4) is 0 Å². The van der Waals surface area contributed by atoms with Crippen LogP contribution in [0.4, 0.5) is 8.78 Å². The Morgan fingerprint density at radius 1 is 1.30 bits per heavy atom. The summed E-state index contributed by atoms with van der Waals surface area (Å²) < 4.78 is 26.3. The van der Waals surface area contributed by atoms with E-state index in [2.05, 4.69) is 10.2 Å². The molecule has 1 amide bonds. The van der Waals surface area contributed by atoms with Crippen LogP contribution in [0.15, 0.2) is 18.2 Å². The molecule has 1 heterocycles. The van der Waals surface area contributed by atoms with Crippen molar-refractivity contribution in [3.05, 3.63) is 35.4 Å². The number of likely N-dealkylation sites (tertiary alicyclic amines) is 1. The first-order chi connectivity index (χ1) is 10.6. The van der Waals surface area contributed by atoms with Crippen molar-refractivity contribution in [3.63, 3.8) is 0 Å². The molecule has 0 aliphatic carbocycles. The van der Waals surface area contributed by atoms with Crippen molar-refractivity contribution in [2.75, 3.05) is 19.6 Å². The molecule has 0 radical (unpaired) electrons. The van der Waals surface area contributed by atoms with E-state index in [4.69, 9.17) is 5.73 Å². The van der Waals surface area contributed by atoms with Crippen LogP contribution in [-0.2, 0) is 11.3 Å². The largest absolute Gasteiger partial charge is 0.354 e. The lowest BCUT2D eigenvalue weighted by molar-refractivity contribution is -0.121. The number of carbonyl (C=O) groups excluding carboxylic acids is 1. The Bertz CT molecular complexity index is 516. The summed E-state index contributed by atoms with van der Waals surface area (Å²) in [6.07, 6.45) is 3.52. The first-order valence-electron chi connectivity index (χ1n) is 7.75. The highest BCUT2D eigenvalue weighted by Crippen LogP contribution is 2.20. The Morgan fingerprint density at radius 3 is 2.78 bits per heavy atom. The molecule has 1 aromatic rings. The van der Waals surface area contributed by atoms with E-state index in [-0.39, 0.29) is 24.4 Å². The quantitative estimate of drug-likeness (QED) is 0.829. The van der Waals surface area contributed by atoms with Crippen LogP contribution in [0.3, 0.4) is 0 Å². The van der Waals surface area contributed by atoms with Crippen LogP contribution < -0.4 is 11.1 Å². The minimum absolute atomic E-state index is 0. The van der Waals surface area contributed by atoms with Crippen LogP contribution in [0, 0.1) is 11.6 Å². The van der Waals surface area contributed by atoms with Crippen LogP contribution in [-0.4, -0.2) is 36.5 Å². The van der Waals surface area contributed by atoms with E-state index in [1.54, 1.807) is 6.07 Å². The fourth-order valence-corrected chi connectivity index (χ4v) is 2.82. The number of carbonyl (C=O) groups is 1. The minimum atomic E-state index is -0.826. The zero-order valence-corrected chi connectivity index (χ0v) is 13.9. The van der Waals surface area contributed by atoms with Crippen molar-refractivity contribution in [2.24, 2.45) is 5.73 Å². The van der Waals surface area contributed by atoms with Gasteiger partial charge in [0.15, 0.2) is 11.6 Å². The number of halogens is 3. The van der Waals surface area contributed by atoms with Gasteiger partial charge in [-0.05, 0) is 37.1 Å². The van der Waals surface area contributed by atoms with E-state index in [9.17, 15) is 13.6 Å². The molecule has 0 saturated carbocycles. The van der Waals surface area contributed by atoms with E-state index in [0.29, 0.717) is 26.1 Å². The first kappa shape index (κ1) is 19.8. The zero-order chi connectivity index (χ0) is 15.9. The first-order valence-corrected chi connectivity index (χ1v) is 7.75. The molecule has 23 heavy (non-hydrogen) atoms. The molecule has 1 aromatic carbocycles. The molecule has 1 aliphatic rings. The Balaban J connectivity index is 0.00000264. The summed E-state index contributed by atoms with van der Waals surface area (Å²) in [6.45, 7) is 2.38. The second kappa shape index (κ2) is 9.80. The van der Waals surface area contributed by atoms with Gasteiger partial charge in [-0.2, -0.15) is 0 Å². The van der Waals surface area contributed by atoms with E-state index in [1.807, 2.05) is 0 Å². The van der Waals surface area contributed by atoms with Gasteiger partial charge in [0.25, 0.3) is 0 Å². The Kier molecular flexibility index (Phi) is 8.44. The highest BCUT2D eigenvalue weighted by molar-refractivity contribution is 5.85. The maximum Gasteiger partial charge on any atom is 0.221 e. The average molecular weight is 348 g/mol. The minimum Gasteiger partial charge on any atom is -0.354 e. The summed E-state index contributed by atoms with van der Waals surface area (Å²) in [4.78, 5) is 13.8. The van der Waals surface area contributed by atoms with Gasteiger partial charge in [0, 0.05) is 32.1 Å². The van der Waals surface area contributed by atoms with Gasteiger partial charge in [0.1, 0.15) is 0 Å². The van der Waals surface area contributed by atoms with E-state index >= 15 is 0 Å². The van der Waals surface area contributed by atoms with E-state index in [0.717, 1.165) is 37.4 Å². The predicted molar refractivity (Wildman–Crippen MR) is 88.3 cm³/mol. The predicted octanol–water partition coefficient (Wildman–Crippen LogP) is 2.21. The molecule has 3 N–H and O–H groups in total. The van der Waals surface area contributed by atoms with Crippen LogP contribution in [0.1, 0.15) is 31.2 Å². The van der Waals surface area contributed by atoms with Gasteiger partial charge in [-0.15, -0.1) is 12.4 Å². The fourth-order valence-electron chi connectivity index (χ4n) is 2.82. The molecule has 1 aliphatic heterocycles. The van der Waals surface area contributed by atoms with Crippen LogP contribution in [0.25, 0.3) is 0 Å². The van der Waals surface area contributed by atoms with Gasteiger partial charge in [-0.25, -0.2) is 8.78 Å². The fraction of sp³-hybridized carbons (Fsp3) is 0.562. The van der Waals surface area contributed by atoms with Gasteiger partial charge < -0.3 is 11.1 Å². The third-order valence-corrected chi connectivity index (χ3v) is 4.03. The molecule has 7 heteroatoms. The number of benzene rings is 1. The number of amides is 1. The molecule has 130 valence electrons. The highest BCUT2D eigenvalue weighted by Gasteiger charge is 2.23. The molecule has 1 fully saturated rings. The third-order valence-electron chi connectivity index (χ3n) is 4.03. The number of nitrogens with two attached hydrogens (primary N) is 1. The molecule has 1 unspecified atom stereocenters. The maximum atomic E-state index is 13.3. The van der Waals surface area contributed by atoms with Gasteiger partial charge in [0.05, 0.1) is 0 Å². The Labute approximate surface area is 141 Å². The normalized spacial score (nSPS) is 18.3. The zero-order valence-electron chi connectivity index (χ0n) is 13.1.